The van der Waals surface area contributed by atoms with E-state index in [1.54, 1.807) is 6.92 Å². The van der Waals surface area contributed by atoms with Crippen molar-refractivity contribution in [2.75, 3.05) is 11.9 Å². The quantitative estimate of drug-likeness (QED) is 0.924. The summed E-state index contributed by atoms with van der Waals surface area (Å²) in [6.07, 6.45) is 1.57. The summed E-state index contributed by atoms with van der Waals surface area (Å²) >= 11 is 6.07. The van der Waals surface area contributed by atoms with Crippen molar-refractivity contribution in [1.29, 1.82) is 0 Å². The summed E-state index contributed by atoms with van der Waals surface area (Å²) in [7, 11) is 0. The molecule has 1 atom stereocenters. The summed E-state index contributed by atoms with van der Waals surface area (Å²) in [6, 6.07) is 7.36. The fourth-order valence-electron chi connectivity index (χ4n) is 2.26. The first-order chi connectivity index (χ1) is 9.58. The lowest BCUT2D eigenvalue weighted by Gasteiger charge is -2.21. The van der Waals surface area contributed by atoms with Crippen molar-refractivity contribution >= 4 is 34.4 Å². The number of halogens is 1. The number of ether oxygens (including phenoxy) is 1. The molecule has 0 aliphatic carbocycles. The van der Waals surface area contributed by atoms with Crippen LogP contribution in [0.2, 0.25) is 5.15 Å². The van der Waals surface area contributed by atoms with E-state index in [1.165, 1.54) is 0 Å². The molecule has 1 unspecified atom stereocenters. The molecule has 0 saturated carbocycles. The van der Waals surface area contributed by atoms with Gasteiger partial charge in [-0.05, 0) is 31.9 Å². The molecule has 1 aromatic heterocycles. The zero-order valence-corrected chi connectivity index (χ0v) is 11.8. The maximum Gasteiger partial charge on any atom is 0.257 e. The average molecular weight is 292 g/mol. The molecule has 2 aromatic rings. The van der Waals surface area contributed by atoms with Gasteiger partial charge in [0.25, 0.3) is 5.91 Å². The molecule has 0 radical (unpaired) electrons. The third kappa shape index (κ3) is 2.34. The smallest absolute Gasteiger partial charge is 0.257 e. The first-order valence-corrected chi connectivity index (χ1v) is 6.84. The lowest BCUT2D eigenvalue weighted by Crippen LogP contribution is -2.39. The SMILES string of the molecule is CC1(C(=O)Nc2nc3ccccc3nc2Cl)CCCO1. The predicted molar refractivity (Wildman–Crippen MR) is 76.8 cm³/mol. The van der Waals surface area contributed by atoms with Gasteiger partial charge in [0, 0.05) is 6.61 Å². The van der Waals surface area contributed by atoms with Crippen molar-refractivity contribution in [3.8, 4) is 0 Å². The molecular weight excluding hydrogens is 278 g/mol. The fraction of sp³-hybridized carbons (Fsp3) is 0.357. The number of hydrogen-bond donors (Lipinski definition) is 1. The van der Waals surface area contributed by atoms with Crippen molar-refractivity contribution in [2.24, 2.45) is 0 Å². The number of benzene rings is 1. The standard InChI is InChI=1S/C14H14ClN3O2/c1-14(7-4-8-20-14)13(19)18-12-11(15)16-9-5-2-3-6-10(9)17-12/h2-3,5-6H,4,7-8H2,1H3,(H,17,18,19). The molecule has 1 fully saturated rings. The summed E-state index contributed by atoms with van der Waals surface area (Å²) in [5.41, 5.74) is 0.569. The van der Waals surface area contributed by atoms with Crippen molar-refractivity contribution in [1.82, 2.24) is 9.97 Å². The fourth-order valence-corrected chi connectivity index (χ4v) is 2.44. The number of para-hydroxylation sites is 2. The van der Waals surface area contributed by atoms with Crippen LogP contribution in [0.1, 0.15) is 19.8 Å². The Balaban J connectivity index is 1.90. The second-order valence-electron chi connectivity index (χ2n) is 4.99. The van der Waals surface area contributed by atoms with Crippen LogP contribution in [0.4, 0.5) is 5.82 Å². The Hall–Kier alpha value is -1.72. The number of amides is 1. The zero-order valence-electron chi connectivity index (χ0n) is 11.0. The first-order valence-electron chi connectivity index (χ1n) is 6.46. The minimum absolute atomic E-state index is 0.179. The normalized spacial score (nSPS) is 22.1. The Labute approximate surface area is 121 Å². The van der Waals surface area contributed by atoms with E-state index in [4.69, 9.17) is 16.3 Å². The number of hydrogen-bond acceptors (Lipinski definition) is 4. The molecular formula is C14H14ClN3O2. The van der Waals surface area contributed by atoms with Gasteiger partial charge in [-0.3, -0.25) is 4.79 Å². The molecule has 1 aliphatic rings. The van der Waals surface area contributed by atoms with Gasteiger partial charge >= 0.3 is 0 Å². The van der Waals surface area contributed by atoms with Crippen LogP contribution in [0.25, 0.3) is 11.0 Å². The summed E-state index contributed by atoms with van der Waals surface area (Å²) in [5, 5.41) is 2.89. The van der Waals surface area contributed by atoms with Gasteiger partial charge in [-0.1, -0.05) is 23.7 Å². The Morgan fingerprint density at radius 2 is 2.05 bits per heavy atom. The van der Waals surface area contributed by atoms with Crippen molar-refractivity contribution in [3.05, 3.63) is 29.4 Å². The Bertz CT molecular complexity index is 669. The van der Waals surface area contributed by atoms with Gasteiger partial charge in [0.2, 0.25) is 0 Å². The van der Waals surface area contributed by atoms with Gasteiger partial charge in [-0.2, -0.15) is 0 Å². The monoisotopic (exact) mass is 291 g/mol. The lowest BCUT2D eigenvalue weighted by molar-refractivity contribution is -0.133. The van der Waals surface area contributed by atoms with E-state index in [9.17, 15) is 4.79 Å². The van der Waals surface area contributed by atoms with Crippen LogP contribution >= 0.6 is 11.6 Å². The summed E-state index contributed by atoms with van der Waals surface area (Å²) < 4.78 is 5.50. The largest absolute Gasteiger partial charge is 0.365 e. The van der Waals surface area contributed by atoms with E-state index in [2.05, 4.69) is 15.3 Å². The molecule has 1 N–H and O–H groups in total. The highest BCUT2D eigenvalue weighted by molar-refractivity contribution is 6.32. The Kier molecular flexibility index (Phi) is 3.31. The highest BCUT2D eigenvalue weighted by atomic mass is 35.5. The molecule has 2 heterocycles. The molecule has 104 valence electrons. The molecule has 1 saturated heterocycles. The van der Waals surface area contributed by atoms with E-state index in [-0.39, 0.29) is 16.9 Å². The van der Waals surface area contributed by atoms with E-state index in [0.29, 0.717) is 24.1 Å². The molecule has 3 rings (SSSR count). The molecule has 0 spiro atoms. The van der Waals surface area contributed by atoms with Crippen molar-refractivity contribution < 1.29 is 9.53 Å². The summed E-state index contributed by atoms with van der Waals surface area (Å²) in [4.78, 5) is 20.8. The second-order valence-corrected chi connectivity index (χ2v) is 5.35. The molecule has 1 aromatic carbocycles. The number of nitrogens with zero attached hydrogens (tertiary/aromatic N) is 2. The third-order valence-electron chi connectivity index (χ3n) is 3.46. The number of fused-ring (bicyclic) bond motifs is 1. The van der Waals surface area contributed by atoms with Crippen LogP contribution in [-0.4, -0.2) is 28.1 Å². The highest BCUT2D eigenvalue weighted by Gasteiger charge is 2.38. The van der Waals surface area contributed by atoms with Gasteiger partial charge in [0.05, 0.1) is 11.0 Å². The van der Waals surface area contributed by atoms with Gasteiger partial charge in [-0.25, -0.2) is 9.97 Å². The van der Waals surface area contributed by atoms with E-state index in [1.807, 2.05) is 24.3 Å². The number of aromatic nitrogens is 2. The molecule has 1 aliphatic heterocycles. The van der Waals surface area contributed by atoms with Crippen LogP contribution in [0.15, 0.2) is 24.3 Å². The van der Waals surface area contributed by atoms with E-state index >= 15 is 0 Å². The van der Waals surface area contributed by atoms with Crippen LogP contribution < -0.4 is 5.32 Å². The van der Waals surface area contributed by atoms with Gasteiger partial charge in [-0.15, -0.1) is 0 Å². The predicted octanol–water partition coefficient (Wildman–Crippen LogP) is 2.79. The maximum absolute atomic E-state index is 12.3. The topological polar surface area (TPSA) is 64.1 Å². The van der Waals surface area contributed by atoms with Crippen molar-refractivity contribution in [3.63, 3.8) is 0 Å². The Morgan fingerprint density at radius 1 is 1.35 bits per heavy atom. The Morgan fingerprint density at radius 3 is 2.70 bits per heavy atom. The molecule has 20 heavy (non-hydrogen) atoms. The van der Waals surface area contributed by atoms with E-state index in [0.717, 1.165) is 6.42 Å². The molecule has 1 amide bonds. The van der Waals surface area contributed by atoms with Gasteiger partial charge < -0.3 is 10.1 Å². The van der Waals surface area contributed by atoms with Gasteiger partial charge in [0.1, 0.15) is 5.60 Å². The minimum atomic E-state index is -0.809. The highest BCUT2D eigenvalue weighted by Crippen LogP contribution is 2.28. The van der Waals surface area contributed by atoms with Gasteiger partial charge in [0.15, 0.2) is 11.0 Å². The molecule has 0 bridgehead atoms. The molecule has 6 heteroatoms. The van der Waals surface area contributed by atoms with E-state index < -0.39 is 5.60 Å². The summed E-state index contributed by atoms with van der Waals surface area (Å²) in [6.45, 7) is 2.37. The van der Waals surface area contributed by atoms with Crippen LogP contribution in [-0.2, 0) is 9.53 Å². The maximum atomic E-state index is 12.3. The molecule has 5 nitrogen and oxygen atoms in total. The number of rotatable bonds is 2. The number of carbonyl (C=O) groups excluding carboxylic acids is 1. The zero-order chi connectivity index (χ0) is 14.2. The number of carbonyl (C=O) groups is 1. The third-order valence-corrected chi connectivity index (χ3v) is 3.72. The van der Waals surface area contributed by atoms with Crippen LogP contribution in [0.5, 0.6) is 0 Å². The van der Waals surface area contributed by atoms with Crippen LogP contribution in [0, 0.1) is 0 Å². The lowest BCUT2D eigenvalue weighted by atomic mass is 10.0. The van der Waals surface area contributed by atoms with Crippen molar-refractivity contribution in [2.45, 2.75) is 25.4 Å². The number of nitrogens with one attached hydrogen (secondary N) is 1. The summed E-state index contributed by atoms with van der Waals surface area (Å²) in [5.74, 6) is 0.0357. The van der Waals surface area contributed by atoms with Crippen LogP contribution in [0.3, 0.4) is 0 Å². The first kappa shape index (κ1) is 13.3. The average Bonchev–Trinajstić information content (AvgIpc) is 2.88. The second kappa shape index (κ2) is 5.00. The minimum Gasteiger partial charge on any atom is -0.365 e. The number of anilines is 1.